The Morgan fingerprint density at radius 3 is 2.00 bits per heavy atom. The Bertz CT molecular complexity index is 245. The fraction of sp³-hybridized carbons (Fsp3) is 1.00. The molecule has 1 N–H and O–H groups in total. The van der Waals surface area contributed by atoms with Crippen LogP contribution in [0.4, 0.5) is 13.2 Å². The van der Waals surface area contributed by atoms with E-state index >= 15 is 0 Å². The van der Waals surface area contributed by atoms with E-state index < -0.39 is 24.2 Å². The molecule has 1 saturated heterocycles. The molecule has 1 heterocycles. The van der Waals surface area contributed by atoms with Crippen molar-refractivity contribution < 1.29 is 18.3 Å². The maximum absolute atomic E-state index is 12.3. The minimum atomic E-state index is -4.18. The van der Waals surface area contributed by atoms with Crippen LogP contribution in [0.3, 0.4) is 0 Å². The molecule has 5 heteroatoms. The van der Waals surface area contributed by atoms with Gasteiger partial charge in [-0.25, -0.2) is 0 Å². The second-order valence-corrected chi connectivity index (χ2v) is 5.17. The molecule has 0 aromatic carbocycles. The van der Waals surface area contributed by atoms with Gasteiger partial charge in [0, 0.05) is 12.0 Å². The molecular formula is C13H24F3NO. The van der Waals surface area contributed by atoms with Crippen molar-refractivity contribution >= 4 is 0 Å². The third-order valence-corrected chi connectivity index (χ3v) is 4.28. The SMILES string of the molecule is CCC(CC)(C(O)CCC(F)(F)F)N1CCCC1. The van der Waals surface area contributed by atoms with Crippen molar-refractivity contribution in [3.05, 3.63) is 0 Å². The molecule has 18 heavy (non-hydrogen) atoms. The van der Waals surface area contributed by atoms with Gasteiger partial charge in [0.15, 0.2) is 0 Å². The zero-order chi connectivity index (χ0) is 13.8. The van der Waals surface area contributed by atoms with Crippen LogP contribution in [-0.2, 0) is 0 Å². The highest BCUT2D eigenvalue weighted by Crippen LogP contribution is 2.35. The summed E-state index contributed by atoms with van der Waals surface area (Å²) in [5, 5.41) is 10.2. The maximum Gasteiger partial charge on any atom is 0.389 e. The zero-order valence-corrected chi connectivity index (χ0v) is 11.3. The van der Waals surface area contributed by atoms with Crippen LogP contribution in [0, 0.1) is 0 Å². The Morgan fingerprint density at radius 2 is 1.61 bits per heavy atom. The maximum atomic E-state index is 12.3. The summed E-state index contributed by atoms with van der Waals surface area (Å²) in [5.74, 6) is 0. The number of alkyl halides is 3. The Balaban J connectivity index is 2.70. The number of aliphatic hydroxyl groups excluding tert-OH is 1. The minimum Gasteiger partial charge on any atom is -0.391 e. The van der Waals surface area contributed by atoms with Gasteiger partial charge in [0.1, 0.15) is 0 Å². The summed E-state index contributed by atoms with van der Waals surface area (Å²) in [6, 6.07) is 0. The van der Waals surface area contributed by atoms with Crippen molar-refractivity contribution in [2.75, 3.05) is 13.1 Å². The molecular weight excluding hydrogens is 243 g/mol. The van der Waals surface area contributed by atoms with E-state index in [0.29, 0.717) is 12.8 Å². The number of likely N-dealkylation sites (tertiary alicyclic amines) is 1. The highest BCUT2D eigenvalue weighted by atomic mass is 19.4. The first-order valence-electron chi connectivity index (χ1n) is 6.85. The van der Waals surface area contributed by atoms with E-state index in [1.165, 1.54) is 0 Å². The van der Waals surface area contributed by atoms with Gasteiger partial charge >= 0.3 is 6.18 Å². The van der Waals surface area contributed by atoms with Crippen molar-refractivity contribution in [1.29, 1.82) is 0 Å². The fourth-order valence-corrected chi connectivity index (χ4v) is 3.11. The molecule has 0 bridgehead atoms. The van der Waals surface area contributed by atoms with Crippen LogP contribution in [0.1, 0.15) is 52.4 Å². The number of hydrogen-bond donors (Lipinski definition) is 1. The topological polar surface area (TPSA) is 23.5 Å². The normalized spacial score (nSPS) is 20.3. The van der Waals surface area contributed by atoms with Crippen molar-refractivity contribution in [2.24, 2.45) is 0 Å². The summed E-state index contributed by atoms with van der Waals surface area (Å²) in [5.41, 5.74) is -0.470. The first kappa shape index (κ1) is 15.8. The summed E-state index contributed by atoms with van der Waals surface area (Å²) < 4.78 is 36.8. The molecule has 1 aliphatic rings. The van der Waals surface area contributed by atoms with Gasteiger partial charge in [-0.3, -0.25) is 4.90 Å². The number of hydrogen-bond acceptors (Lipinski definition) is 2. The van der Waals surface area contributed by atoms with Crippen molar-refractivity contribution in [2.45, 2.75) is 70.2 Å². The van der Waals surface area contributed by atoms with Gasteiger partial charge in [-0.2, -0.15) is 13.2 Å². The number of aliphatic hydroxyl groups is 1. The molecule has 0 radical (unpaired) electrons. The lowest BCUT2D eigenvalue weighted by atomic mass is 9.82. The van der Waals surface area contributed by atoms with E-state index in [-0.39, 0.29) is 6.42 Å². The molecule has 1 aliphatic heterocycles. The summed E-state index contributed by atoms with van der Waals surface area (Å²) in [7, 11) is 0. The molecule has 1 atom stereocenters. The predicted molar refractivity (Wildman–Crippen MR) is 65.4 cm³/mol. The standard InChI is InChI=1S/C13H24F3NO/c1-3-12(4-2,17-9-5-6-10-17)11(18)7-8-13(14,15)16/h11,18H,3-10H2,1-2H3. The predicted octanol–water partition coefficient (Wildman–Crippen LogP) is 3.34. The van der Waals surface area contributed by atoms with E-state index in [4.69, 9.17) is 0 Å². The van der Waals surface area contributed by atoms with Gasteiger partial charge in [0.25, 0.3) is 0 Å². The van der Waals surface area contributed by atoms with Crippen molar-refractivity contribution in [1.82, 2.24) is 4.90 Å². The Labute approximate surface area is 107 Å². The van der Waals surface area contributed by atoms with Crippen LogP contribution >= 0.6 is 0 Å². The molecule has 0 saturated carbocycles. The number of rotatable bonds is 6. The molecule has 0 aliphatic carbocycles. The minimum absolute atomic E-state index is 0.193. The van der Waals surface area contributed by atoms with Crippen molar-refractivity contribution in [3.63, 3.8) is 0 Å². The molecule has 0 aromatic heterocycles. The van der Waals surface area contributed by atoms with Crippen LogP contribution in [0.5, 0.6) is 0 Å². The average molecular weight is 267 g/mol. The van der Waals surface area contributed by atoms with Gasteiger partial charge in [-0.15, -0.1) is 0 Å². The Morgan fingerprint density at radius 1 is 1.11 bits per heavy atom. The smallest absolute Gasteiger partial charge is 0.389 e. The lowest BCUT2D eigenvalue weighted by molar-refractivity contribution is -0.146. The third kappa shape index (κ3) is 3.60. The Kier molecular flexibility index (Phi) is 5.46. The van der Waals surface area contributed by atoms with E-state index in [2.05, 4.69) is 4.90 Å². The monoisotopic (exact) mass is 267 g/mol. The molecule has 108 valence electrons. The quantitative estimate of drug-likeness (QED) is 0.797. The second-order valence-electron chi connectivity index (χ2n) is 5.17. The van der Waals surface area contributed by atoms with Gasteiger partial charge in [0.05, 0.1) is 6.10 Å². The van der Waals surface area contributed by atoms with Gasteiger partial charge in [-0.1, -0.05) is 13.8 Å². The first-order chi connectivity index (χ1) is 8.35. The van der Waals surface area contributed by atoms with E-state index in [0.717, 1.165) is 25.9 Å². The van der Waals surface area contributed by atoms with Crippen LogP contribution in [-0.4, -0.2) is 40.9 Å². The average Bonchev–Trinajstić information content (AvgIpc) is 2.82. The van der Waals surface area contributed by atoms with Crippen molar-refractivity contribution in [3.8, 4) is 0 Å². The highest BCUT2D eigenvalue weighted by molar-refractivity contribution is 4.96. The third-order valence-electron chi connectivity index (χ3n) is 4.28. The molecule has 1 fully saturated rings. The summed E-state index contributed by atoms with van der Waals surface area (Å²) in [6.07, 6.45) is -2.62. The molecule has 2 nitrogen and oxygen atoms in total. The summed E-state index contributed by atoms with van der Waals surface area (Å²) >= 11 is 0. The number of halogens is 3. The van der Waals surface area contributed by atoms with Crippen LogP contribution in [0.15, 0.2) is 0 Å². The molecule has 0 amide bonds. The summed E-state index contributed by atoms with van der Waals surface area (Å²) in [6.45, 7) is 5.70. The van der Waals surface area contributed by atoms with Crippen LogP contribution < -0.4 is 0 Å². The Hall–Kier alpha value is -0.290. The highest BCUT2D eigenvalue weighted by Gasteiger charge is 2.42. The second kappa shape index (κ2) is 6.24. The first-order valence-corrected chi connectivity index (χ1v) is 6.85. The fourth-order valence-electron chi connectivity index (χ4n) is 3.11. The lowest BCUT2D eigenvalue weighted by Gasteiger charge is -2.44. The van der Waals surface area contributed by atoms with E-state index in [1.54, 1.807) is 0 Å². The molecule has 1 rings (SSSR count). The largest absolute Gasteiger partial charge is 0.391 e. The van der Waals surface area contributed by atoms with Crippen LogP contribution in [0.25, 0.3) is 0 Å². The summed E-state index contributed by atoms with van der Waals surface area (Å²) in [4.78, 5) is 2.19. The molecule has 1 unspecified atom stereocenters. The van der Waals surface area contributed by atoms with Gasteiger partial charge in [-0.05, 0) is 45.2 Å². The molecule has 0 aromatic rings. The van der Waals surface area contributed by atoms with Gasteiger partial charge < -0.3 is 5.11 Å². The molecule has 0 spiro atoms. The lowest BCUT2D eigenvalue weighted by Crippen LogP contribution is -2.55. The zero-order valence-electron chi connectivity index (χ0n) is 11.3. The van der Waals surface area contributed by atoms with E-state index in [1.807, 2.05) is 13.8 Å². The van der Waals surface area contributed by atoms with Gasteiger partial charge in [0.2, 0.25) is 0 Å². The van der Waals surface area contributed by atoms with Crippen LogP contribution in [0.2, 0.25) is 0 Å². The van der Waals surface area contributed by atoms with E-state index in [9.17, 15) is 18.3 Å². The number of nitrogens with zero attached hydrogens (tertiary/aromatic N) is 1.